The lowest BCUT2D eigenvalue weighted by Gasteiger charge is -2.12. The summed E-state index contributed by atoms with van der Waals surface area (Å²) in [5.41, 5.74) is 1.29. The van der Waals surface area contributed by atoms with E-state index >= 15 is 0 Å². The van der Waals surface area contributed by atoms with Gasteiger partial charge in [-0.2, -0.15) is 0 Å². The Balaban J connectivity index is 2.64. The number of hydrogen-bond acceptors (Lipinski definition) is 2. The molecule has 0 radical (unpaired) electrons. The van der Waals surface area contributed by atoms with Gasteiger partial charge < -0.3 is 5.11 Å². The van der Waals surface area contributed by atoms with Gasteiger partial charge in [-0.3, -0.25) is 4.79 Å². The summed E-state index contributed by atoms with van der Waals surface area (Å²) in [5, 5.41) is 8.80. The Kier molecular flexibility index (Phi) is 5.08. The summed E-state index contributed by atoms with van der Waals surface area (Å²) < 4.78 is 0. The second-order valence-electron chi connectivity index (χ2n) is 5.17. The number of carboxylic acids is 1. The molecule has 3 heteroatoms. The Morgan fingerprint density at radius 2 is 1.61 bits per heavy atom. The van der Waals surface area contributed by atoms with Crippen LogP contribution in [0.5, 0.6) is 0 Å². The summed E-state index contributed by atoms with van der Waals surface area (Å²) in [6, 6.07) is 6.75. The third kappa shape index (κ3) is 4.32. The maximum absolute atomic E-state index is 11.7. The maximum Gasteiger partial charge on any atom is 0.335 e. The monoisotopic (exact) mass is 248 g/mol. The number of carbonyl (C=O) groups excluding carboxylic acids is 1. The second kappa shape index (κ2) is 6.34. The molecule has 98 valence electrons. The number of benzene rings is 1. The van der Waals surface area contributed by atoms with Gasteiger partial charge >= 0.3 is 5.97 Å². The zero-order valence-electron chi connectivity index (χ0n) is 11.1. The number of carbonyl (C=O) groups is 2. The van der Waals surface area contributed by atoms with Gasteiger partial charge in [-0.05, 0) is 29.5 Å². The highest BCUT2D eigenvalue weighted by molar-refractivity contribution is 5.87. The minimum atomic E-state index is -0.926. The number of carboxylic acid groups (broad SMARTS) is 1. The maximum atomic E-state index is 11.7. The van der Waals surface area contributed by atoms with Crippen LogP contribution in [0.15, 0.2) is 24.3 Å². The zero-order chi connectivity index (χ0) is 13.7. The van der Waals surface area contributed by atoms with Crippen LogP contribution in [0.2, 0.25) is 0 Å². The van der Waals surface area contributed by atoms with Crippen LogP contribution < -0.4 is 0 Å². The Morgan fingerprint density at radius 1 is 1.06 bits per heavy atom. The smallest absolute Gasteiger partial charge is 0.335 e. The average Bonchev–Trinajstić information content (AvgIpc) is 2.27. The van der Waals surface area contributed by atoms with Gasteiger partial charge in [-0.15, -0.1) is 0 Å². The van der Waals surface area contributed by atoms with E-state index in [1.807, 2.05) is 20.8 Å². The predicted molar refractivity (Wildman–Crippen MR) is 70.9 cm³/mol. The van der Waals surface area contributed by atoms with Crippen LogP contribution in [-0.4, -0.2) is 16.9 Å². The Labute approximate surface area is 108 Å². The molecule has 1 atom stereocenters. The molecule has 0 amide bonds. The molecule has 0 aromatic heterocycles. The topological polar surface area (TPSA) is 54.4 Å². The Hall–Kier alpha value is -1.64. The molecule has 0 spiro atoms. The molecule has 18 heavy (non-hydrogen) atoms. The molecule has 1 aromatic carbocycles. The van der Waals surface area contributed by atoms with Gasteiger partial charge in [0.1, 0.15) is 5.78 Å². The van der Waals surface area contributed by atoms with Gasteiger partial charge in [0, 0.05) is 12.8 Å². The van der Waals surface area contributed by atoms with Gasteiger partial charge in [-0.25, -0.2) is 4.79 Å². The van der Waals surface area contributed by atoms with E-state index in [2.05, 4.69) is 0 Å². The molecule has 3 nitrogen and oxygen atoms in total. The first-order chi connectivity index (χ1) is 8.40. The standard InChI is InChI=1S/C15H20O3/c1-10(2)8-14(16)9-11(3)12-4-6-13(7-5-12)15(17)18/h4-7,10-11H,8-9H2,1-3H3,(H,17,18)/t11-/m0/s1. The first-order valence-electron chi connectivity index (χ1n) is 6.25. The van der Waals surface area contributed by atoms with Crippen LogP contribution in [0, 0.1) is 5.92 Å². The molecule has 0 aliphatic heterocycles. The van der Waals surface area contributed by atoms with E-state index in [0.29, 0.717) is 18.8 Å². The van der Waals surface area contributed by atoms with Crippen molar-refractivity contribution in [2.75, 3.05) is 0 Å². The molecular formula is C15H20O3. The lowest BCUT2D eigenvalue weighted by Crippen LogP contribution is -2.07. The minimum absolute atomic E-state index is 0.138. The van der Waals surface area contributed by atoms with Crippen molar-refractivity contribution in [1.82, 2.24) is 0 Å². The van der Waals surface area contributed by atoms with Crippen molar-refractivity contribution in [2.24, 2.45) is 5.92 Å². The fourth-order valence-electron chi connectivity index (χ4n) is 1.95. The third-order valence-electron chi connectivity index (χ3n) is 2.90. The summed E-state index contributed by atoms with van der Waals surface area (Å²) >= 11 is 0. The second-order valence-corrected chi connectivity index (χ2v) is 5.17. The van der Waals surface area contributed by atoms with Crippen molar-refractivity contribution in [1.29, 1.82) is 0 Å². The summed E-state index contributed by atoms with van der Waals surface area (Å²) in [4.78, 5) is 22.4. The molecule has 0 fully saturated rings. The highest BCUT2D eigenvalue weighted by atomic mass is 16.4. The van der Waals surface area contributed by atoms with E-state index < -0.39 is 5.97 Å². The lowest BCUT2D eigenvalue weighted by atomic mass is 9.92. The van der Waals surface area contributed by atoms with Crippen LogP contribution >= 0.6 is 0 Å². The third-order valence-corrected chi connectivity index (χ3v) is 2.90. The molecule has 0 unspecified atom stereocenters. The molecular weight excluding hydrogens is 228 g/mol. The number of hydrogen-bond donors (Lipinski definition) is 1. The van der Waals surface area contributed by atoms with Gasteiger partial charge in [-0.1, -0.05) is 32.9 Å². The van der Waals surface area contributed by atoms with E-state index in [9.17, 15) is 9.59 Å². The summed E-state index contributed by atoms with van der Waals surface area (Å²) in [6.07, 6.45) is 1.13. The number of Topliss-reactive ketones (excluding diaryl/α,β-unsaturated/α-hetero) is 1. The SMILES string of the molecule is CC(C)CC(=O)C[C@H](C)c1ccc(C(=O)O)cc1. The molecule has 0 aliphatic carbocycles. The normalized spacial score (nSPS) is 12.4. The highest BCUT2D eigenvalue weighted by Gasteiger charge is 2.13. The van der Waals surface area contributed by atoms with Gasteiger partial charge in [0.2, 0.25) is 0 Å². The van der Waals surface area contributed by atoms with E-state index in [0.717, 1.165) is 5.56 Å². The van der Waals surface area contributed by atoms with Crippen molar-refractivity contribution in [3.8, 4) is 0 Å². The van der Waals surface area contributed by atoms with Gasteiger partial charge in [0.05, 0.1) is 5.56 Å². The van der Waals surface area contributed by atoms with Crippen LogP contribution in [0.4, 0.5) is 0 Å². The van der Waals surface area contributed by atoms with Crippen molar-refractivity contribution < 1.29 is 14.7 Å². The van der Waals surface area contributed by atoms with Crippen LogP contribution in [0.1, 0.15) is 55.5 Å². The quantitative estimate of drug-likeness (QED) is 0.838. The Bertz CT molecular complexity index is 418. The highest BCUT2D eigenvalue weighted by Crippen LogP contribution is 2.21. The number of aromatic carboxylic acids is 1. The van der Waals surface area contributed by atoms with Gasteiger partial charge in [0.15, 0.2) is 0 Å². The molecule has 1 aromatic rings. The fraction of sp³-hybridized carbons (Fsp3) is 0.467. The fourth-order valence-corrected chi connectivity index (χ4v) is 1.95. The first kappa shape index (κ1) is 14.4. The summed E-state index contributed by atoms with van der Waals surface area (Å²) in [5.74, 6) is -0.136. The molecule has 0 aliphatic rings. The zero-order valence-corrected chi connectivity index (χ0v) is 11.1. The molecule has 0 saturated heterocycles. The van der Waals surface area contributed by atoms with Crippen molar-refractivity contribution >= 4 is 11.8 Å². The summed E-state index contributed by atoms with van der Waals surface area (Å²) in [6.45, 7) is 6.06. The number of ketones is 1. The van der Waals surface area contributed by atoms with E-state index in [1.54, 1.807) is 24.3 Å². The van der Waals surface area contributed by atoms with Crippen molar-refractivity contribution in [3.05, 3.63) is 35.4 Å². The summed E-state index contributed by atoms with van der Waals surface area (Å²) in [7, 11) is 0. The lowest BCUT2D eigenvalue weighted by molar-refractivity contribution is -0.120. The molecule has 0 saturated carbocycles. The minimum Gasteiger partial charge on any atom is -0.478 e. The van der Waals surface area contributed by atoms with E-state index in [1.165, 1.54) is 0 Å². The number of rotatable bonds is 6. The van der Waals surface area contributed by atoms with Crippen LogP contribution in [0.3, 0.4) is 0 Å². The predicted octanol–water partition coefficient (Wildman–Crippen LogP) is 3.49. The van der Waals surface area contributed by atoms with Crippen LogP contribution in [-0.2, 0) is 4.79 Å². The van der Waals surface area contributed by atoms with E-state index in [-0.39, 0.29) is 17.3 Å². The first-order valence-corrected chi connectivity index (χ1v) is 6.25. The molecule has 0 heterocycles. The molecule has 1 N–H and O–H groups in total. The van der Waals surface area contributed by atoms with Crippen LogP contribution in [0.25, 0.3) is 0 Å². The Morgan fingerprint density at radius 3 is 2.06 bits per heavy atom. The van der Waals surface area contributed by atoms with Crippen molar-refractivity contribution in [3.63, 3.8) is 0 Å². The van der Waals surface area contributed by atoms with Gasteiger partial charge in [0.25, 0.3) is 0 Å². The average molecular weight is 248 g/mol. The largest absolute Gasteiger partial charge is 0.478 e. The van der Waals surface area contributed by atoms with E-state index in [4.69, 9.17) is 5.11 Å². The molecule has 0 bridgehead atoms. The molecule has 1 rings (SSSR count). The van der Waals surface area contributed by atoms with Crippen molar-refractivity contribution in [2.45, 2.75) is 39.5 Å².